The highest BCUT2D eigenvalue weighted by Crippen LogP contribution is 2.41. The molecule has 8 bridgehead atoms. The standard InChI is InChI=1S/C26H22IN3O3/c27-11-15-2-1-14-7-19-21-13-28-12-16(21)8-18(14)25(15)29-4-3-17-9-20-22(31)10-23(32)24(19)26(20)30-5-6-33-17/h5-9,12-13,15,30,32H,1-4,10-11H2/t15-/m1/s1. The lowest BCUT2D eigenvalue weighted by Gasteiger charge is -2.25. The van der Waals surface area contributed by atoms with E-state index in [2.05, 4.69) is 44.7 Å². The van der Waals surface area contributed by atoms with Gasteiger partial charge in [-0.25, -0.2) is 0 Å². The number of H-pyrrole nitrogens is 1. The molecule has 5 aliphatic rings. The van der Waals surface area contributed by atoms with E-state index >= 15 is 0 Å². The molecule has 6 nitrogen and oxygen atoms in total. The van der Waals surface area contributed by atoms with Crippen LogP contribution in [0.2, 0.25) is 0 Å². The Morgan fingerprint density at radius 2 is 2.03 bits per heavy atom. The smallest absolute Gasteiger partial charge is 0.172 e. The number of rotatable bonds is 1. The number of aliphatic hydroxyl groups is 1. The van der Waals surface area contributed by atoms with Gasteiger partial charge in [0.15, 0.2) is 5.78 Å². The van der Waals surface area contributed by atoms with Crippen molar-refractivity contribution >= 4 is 39.7 Å². The lowest BCUT2D eigenvalue weighted by Crippen LogP contribution is -2.24. The van der Waals surface area contributed by atoms with Gasteiger partial charge in [0.25, 0.3) is 0 Å². The molecule has 166 valence electrons. The molecule has 3 heterocycles. The number of allylic oxidation sites excluding steroid dienone is 1. The number of aryl methyl sites for hydroxylation is 1. The zero-order valence-corrected chi connectivity index (χ0v) is 20.1. The van der Waals surface area contributed by atoms with E-state index in [0.717, 1.165) is 45.2 Å². The average molecular weight is 551 g/mol. The maximum Gasteiger partial charge on any atom is 0.172 e. The van der Waals surface area contributed by atoms with Gasteiger partial charge in [-0.15, -0.1) is 0 Å². The summed E-state index contributed by atoms with van der Waals surface area (Å²) in [6, 6.07) is 6.18. The molecule has 0 aromatic carbocycles. The molecule has 0 saturated heterocycles. The third-order valence-electron chi connectivity index (χ3n) is 6.76. The first kappa shape index (κ1) is 20.7. The van der Waals surface area contributed by atoms with E-state index in [1.807, 2.05) is 12.4 Å². The summed E-state index contributed by atoms with van der Waals surface area (Å²) in [6.45, 7) is 0.577. The topological polar surface area (TPSA) is 91.5 Å². The van der Waals surface area contributed by atoms with Gasteiger partial charge in [-0.1, -0.05) is 22.6 Å². The minimum atomic E-state index is -0.137. The molecule has 0 fully saturated rings. The molecule has 2 aliphatic heterocycles. The summed E-state index contributed by atoms with van der Waals surface area (Å²) in [4.78, 5) is 25.7. The number of nitrogens with one attached hydrogen (secondary N) is 1. The van der Waals surface area contributed by atoms with Crippen molar-refractivity contribution < 1.29 is 14.3 Å². The Balaban J connectivity index is 1.76. The van der Waals surface area contributed by atoms with Crippen LogP contribution in [0.3, 0.4) is 0 Å². The van der Waals surface area contributed by atoms with Gasteiger partial charge in [-0.3, -0.25) is 14.8 Å². The number of nitrogens with zero attached hydrogens (tertiary/aromatic N) is 2. The molecule has 2 N–H and O–H groups in total. The summed E-state index contributed by atoms with van der Waals surface area (Å²) in [7, 11) is 0. The molecule has 7 heteroatoms. The van der Waals surface area contributed by atoms with Gasteiger partial charge >= 0.3 is 0 Å². The first-order chi connectivity index (χ1) is 16.1. The molecule has 33 heavy (non-hydrogen) atoms. The van der Waals surface area contributed by atoms with E-state index in [1.54, 1.807) is 18.5 Å². The monoisotopic (exact) mass is 551 g/mol. The molecule has 0 saturated carbocycles. The summed E-state index contributed by atoms with van der Waals surface area (Å²) < 4.78 is 6.81. The Morgan fingerprint density at radius 1 is 1.12 bits per heavy atom. The molecule has 1 atom stereocenters. The molecule has 0 unspecified atom stereocenters. The Hall–Kier alpha value is -2.94. The number of halogens is 1. The first-order valence-electron chi connectivity index (χ1n) is 11.1. The fourth-order valence-corrected chi connectivity index (χ4v) is 6.01. The number of hydrogen-bond acceptors (Lipinski definition) is 5. The number of aromatic nitrogens is 2. The predicted octanol–water partition coefficient (Wildman–Crippen LogP) is 5.48. The molecule has 6 rings (SSSR count). The lowest BCUT2D eigenvalue weighted by atomic mass is 9.83. The van der Waals surface area contributed by atoms with Crippen molar-refractivity contribution in [2.75, 3.05) is 11.0 Å². The van der Waals surface area contributed by atoms with Gasteiger partial charge < -0.3 is 14.5 Å². The van der Waals surface area contributed by atoms with Crippen molar-refractivity contribution in [1.82, 2.24) is 9.97 Å². The van der Waals surface area contributed by atoms with E-state index in [9.17, 15) is 9.90 Å². The highest BCUT2D eigenvalue weighted by molar-refractivity contribution is 14.1. The summed E-state index contributed by atoms with van der Waals surface area (Å²) in [5.74, 6) is 1.01. The van der Waals surface area contributed by atoms with Crippen LogP contribution < -0.4 is 0 Å². The molecule has 0 radical (unpaired) electrons. The van der Waals surface area contributed by atoms with E-state index in [0.29, 0.717) is 41.5 Å². The van der Waals surface area contributed by atoms with Gasteiger partial charge in [0, 0.05) is 69.9 Å². The first-order valence-corrected chi connectivity index (χ1v) is 12.7. The molecule has 0 spiro atoms. The van der Waals surface area contributed by atoms with Gasteiger partial charge in [0.2, 0.25) is 0 Å². The van der Waals surface area contributed by atoms with Crippen molar-refractivity contribution in [3.05, 3.63) is 82.5 Å². The largest absolute Gasteiger partial charge is 0.511 e. The van der Waals surface area contributed by atoms with Gasteiger partial charge in [0.05, 0.1) is 12.1 Å². The second kappa shape index (κ2) is 8.13. The average Bonchev–Trinajstić information content (AvgIpc) is 3.18. The maximum absolute atomic E-state index is 13.0. The number of carbonyl (C=O) groups excluding carboxylic acids is 1. The van der Waals surface area contributed by atoms with E-state index in [4.69, 9.17) is 9.41 Å². The quantitative estimate of drug-likeness (QED) is 0.310. The third kappa shape index (κ3) is 3.40. The van der Waals surface area contributed by atoms with Crippen LogP contribution in [-0.2, 0) is 12.8 Å². The number of aliphatic imine (C=N–C) groups is 1. The number of hydrogen-bond donors (Lipinski definition) is 2. The summed E-state index contributed by atoms with van der Waals surface area (Å²) in [5, 5.41) is 11.1. The molecular formula is C26H22IN3O3. The van der Waals surface area contributed by atoms with Gasteiger partial charge in [-0.2, -0.15) is 0 Å². The van der Waals surface area contributed by atoms with Crippen molar-refractivity contribution in [2.24, 2.45) is 10.9 Å². The maximum atomic E-state index is 13.0. The van der Waals surface area contributed by atoms with Crippen LogP contribution in [0.25, 0.3) is 16.7 Å². The Bertz CT molecular complexity index is 1380. The van der Waals surface area contributed by atoms with Crippen LogP contribution in [0.15, 0.2) is 58.2 Å². The van der Waals surface area contributed by atoms with Crippen molar-refractivity contribution in [1.29, 1.82) is 0 Å². The van der Waals surface area contributed by atoms with Crippen LogP contribution >= 0.6 is 22.6 Å². The van der Waals surface area contributed by atoms with Crippen molar-refractivity contribution in [2.45, 2.75) is 25.7 Å². The number of ketones is 1. The lowest BCUT2D eigenvalue weighted by molar-refractivity contribution is 0.0977. The zero-order chi connectivity index (χ0) is 22.5. The normalized spacial score (nSPS) is 19.1. The number of alkyl halides is 1. The minimum Gasteiger partial charge on any atom is -0.511 e. The third-order valence-corrected chi connectivity index (χ3v) is 7.82. The summed E-state index contributed by atoms with van der Waals surface area (Å²) >= 11 is 2.45. The molecule has 3 aliphatic carbocycles. The number of carbonyl (C=O) groups is 1. The highest BCUT2D eigenvalue weighted by Gasteiger charge is 2.31. The van der Waals surface area contributed by atoms with Gasteiger partial charge in [-0.05, 0) is 47.7 Å². The SMILES string of the molecule is O=C1CC(O)=C2c3cc4c(cc5cncc3-5)C(=NCCc3cc1c2[nH]cco3)[C@@H](CI)CC4. The second-order valence-electron chi connectivity index (χ2n) is 8.71. The predicted molar refractivity (Wildman–Crippen MR) is 135 cm³/mol. The molecule has 0 amide bonds. The van der Waals surface area contributed by atoms with E-state index in [-0.39, 0.29) is 18.0 Å². The van der Waals surface area contributed by atoms with Crippen molar-refractivity contribution in [3.63, 3.8) is 0 Å². The van der Waals surface area contributed by atoms with Crippen LogP contribution in [0.4, 0.5) is 0 Å². The fraction of sp³-hybridized carbons (Fsp3) is 0.269. The van der Waals surface area contributed by atoms with Crippen molar-refractivity contribution in [3.8, 4) is 11.1 Å². The number of Topliss-reactive ketones (excluding diaryl/α,β-unsaturated/α-hetero) is 1. The van der Waals surface area contributed by atoms with Crippen LogP contribution in [-0.4, -0.2) is 37.5 Å². The Morgan fingerprint density at radius 3 is 2.91 bits per heavy atom. The van der Waals surface area contributed by atoms with E-state index in [1.165, 1.54) is 5.56 Å². The summed E-state index contributed by atoms with van der Waals surface area (Å²) in [6.07, 6.45) is 9.48. The molecule has 1 aromatic heterocycles. The minimum absolute atomic E-state index is 0.0432. The summed E-state index contributed by atoms with van der Waals surface area (Å²) in [5.41, 5.74) is 8.11. The molecule has 1 aromatic rings. The number of aliphatic hydroxyl groups excluding tert-OH is 1. The molecular weight excluding hydrogens is 529 g/mol. The number of aromatic amines is 1. The van der Waals surface area contributed by atoms with Crippen LogP contribution in [0, 0.1) is 5.92 Å². The van der Waals surface area contributed by atoms with Crippen LogP contribution in [0.5, 0.6) is 0 Å². The Kier molecular flexibility index (Phi) is 5.09. The van der Waals surface area contributed by atoms with Crippen LogP contribution in [0.1, 0.15) is 51.3 Å². The Labute approximate surface area is 204 Å². The highest BCUT2D eigenvalue weighted by atomic mass is 127. The zero-order valence-electron chi connectivity index (χ0n) is 17.9. The van der Waals surface area contributed by atoms with E-state index < -0.39 is 0 Å². The second-order valence-corrected chi connectivity index (χ2v) is 9.59. The fourth-order valence-electron chi connectivity index (χ4n) is 5.16. The number of fused-ring (bicyclic) bond motifs is 5. The van der Waals surface area contributed by atoms with Gasteiger partial charge in [0.1, 0.15) is 17.8 Å².